The molecule has 0 aliphatic rings. The highest BCUT2D eigenvalue weighted by Crippen LogP contribution is 2.21. The third-order valence-electron chi connectivity index (χ3n) is 3.42. The lowest BCUT2D eigenvalue weighted by Crippen LogP contribution is -2.17. The van der Waals surface area contributed by atoms with Gasteiger partial charge in [-0.3, -0.25) is 0 Å². The predicted molar refractivity (Wildman–Crippen MR) is 96.6 cm³/mol. The maximum absolute atomic E-state index is 6.15. The van der Waals surface area contributed by atoms with E-state index in [9.17, 15) is 0 Å². The van der Waals surface area contributed by atoms with Gasteiger partial charge in [-0.05, 0) is 54.9 Å². The van der Waals surface area contributed by atoms with E-state index in [1.54, 1.807) is 18.2 Å². The average Bonchev–Trinajstić information content (AvgIpc) is 3.03. The summed E-state index contributed by atoms with van der Waals surface area (Å²) in [5.41, 5.74) is 1.88. The minimum atomic E-state index is 0.476. The lowest BCUT2D eigenvalue weighted by Gasteiger charge is -2.05. The van der Waals surface area contributed by atoms with Gasteiger partial charge in [-0.1, -0.05) is 40.9 Å². The molecule has 0 aliphatic carbocycles. The minimum absolute atomic E-state index is 0.476. The van der Waals surface area contributed by atoms with Crippen LogP contribution in [0.15, 0.2) is 46.9 Å². The fourth-order valence-electron chi connectivity index (χ4n) is 2.18. The first-order chi connectivity index (χ1) is 11.6. The Balaban J connectivity index is 1.51. The highest BCUT2D eigenvalue weighted by atomic mass is 35.5. The second-order valence-electron chi connectivity index (χ2n) is 5.17. The van der Waals surface area contributed by atoms with E-state index in [0.717, 1.165) is 24.1 Å². The summed E-state index contributed by atoms with van der Waals surface area (Å²) in [4.78, 5) is 0. The summed E-state index contributed by atoms with van der Waals surface area (Å²) in [6.07, 6.45) is 0.786. The molecule has 0 amide bonds. The van der Waals surface area contributed by atoms with Crippen molar-refractivity contribution >= 4 is 34.8 Å². The van der Waals surface area contributed by atoms with Crippen molar-refractivity contribution in [2.24, 2.45) is 0 Å². The van der Waals surface area contributed by atoms with E-state index in [1.807, 2.05) is 24.3 Å². The van der Waals surface area contributed by atoms with E-state index in [1.165, 1.54) is 0 Å². The first kappa shape index (κ1) is 17.2. The smallest absolute Gasteiger partial charge is 0.247 e. The van der Waals surface area contributed by atoms with Crippen LogP contribution in [0.5, 0.6) is 0 Å². The van der Waals surface area contributed by atoms with Gasteiger partial charge in [0.1, 0.15) is 0 Å². The Hall–Kier alpha value is -1.59. The second-order valence-corrected chi connectivity index (χ2v) is 6.45. The van der Waals surface area contributed by atoms with E-state index < -0.39 is 0 Å². The monoisotopic (exact) mass is 381 g/mol. The summed E-state index contributed by atoms with van der Waals surface area (Å²) in [5.74, 6) is 1.01. The Labute approximate surface area is 154 Å². The number of hydrogen-bond donors (Lipinski definition) is 1. The van der Waals surface area contributed by atoms with Gasteiger partial charge in [-0.25, -0.2) is 0 Å². The molecular formula is C17H14Cl3N3O. The van der Waals surface area contributed by atoms with Crippen molar-refractivity contribution in [1.82, 2.24) is 15.5 Å². The Morgan fingerprint density at radius 3 is 2.42 bits per heavy atom. The summed E-state index contributed by atoms with van der Waals surface area (Å²) in [6, 6.07) is 12.8. The number of halogens is 3. The number of benzene rings is 2. The molecule has 7 heteroatoms. The van der Waals surface area contributed by atoms with Crippen LogP contribution in [0.1, 0.15) is 11.5 Å². The third kappa shape index (κ3) is 4.48. The second kappa shape index (κ2) is 7.99. The molecule has 2 aromatic carbocycles. The molecule has 0 saturated carbocycles. The zero-order valence-electron chi connectivity index (χ0n) is 12.6. The third-order valence-corrected chi connectivity index (χ3v) is 4.26. The minimum Gasteiger partial charge on any atom is -0.419 e. The Bertz CT molecular complexity index is 818. The zero-order chi connectivity index (χ0) is 16.9. The first-order valence-electron chi connectivity index (χ1n) is 7.35. The van der Waals surface area contributed by atoms with Crippen LogP contribution in [0.3, 0.4) is 0 Å². The molecule has 0 fully saturated rings. The highest BCUT2D eigenvalue weighted by molar-refractivity contribution is 6.35. The summed E-state index contributed by atoms with van der Waals surface area (Å²) in [6.45, 7) is 1.23. The maximum Gasteiger partial charge on any atom is 0.247 e. The van der Waals surface area contributed by atoms with Crippen LogP contribution in [-0.2, 0) is 13.0 Å². The average molecular weight is 383 g/mol. The number of nitrogens with one attached hydrogen (secondary N) is 1. The molecule has 1 N–H and O–H groups in total. The first-order valence-corrected chi connectivity index (χ1v) is 8.48. The van der Waals surface area contributed by atoms with Crippen LogP contribution in [0.4, 0.5) is 0 Å². The fraction of sp³-hybridized carbons (Fsp3) is 0.176. The summed E-state index contributed by atoms with van der Waals surface area (Å²) >= 11 is 17.9. The van der Waals surface area contributed by atoms with Crippen LogP contribution in [0.25, 0.3) is 11.5 Å². The topological polar surface area (TPSA) is 51.0 Å². The fourth-order valence-corrected chi connectivity index (χ4v) is 2.81. The van der Waals surface area contributed by atoms with Gasteiger partial charge in [0.15, 0.2) is 0 Å². The van der Waals surface area contributed by atoms with Gasteiger partial charge in [-0.2, -0.15) is 0 Å². The molecule has 0 aliphatic heterocycles. The molecule has 0 saturated heterocycles. The van der Waals surface area contributed by atoms with Crippen molar-refractivity contribution in [3.8, 4) is 11.5 Å². The Kier molecular flexibility index (Phi) is 5.74. The maximum atomic E-state index is 6.15. The van der Waals surface area contributed by atoms with Crippen molar-refractivity contribution in [2.45, 2.75) is 13.0 Å². The van der Waals surface area contributed by atoms with Crippen molar-refractivity contribution in [3.05, 3.63) is 69.0 Å². The molecule has 1 aromatic heterocycles. The largest absolute Gasteiger partial charge is 0.419 e. The molecule has 124 valence electrons. The standard InChI is InChI=1S/C17H14Cl3N3O/c18-13-4-2-12(3-5-13)17-23-22-16(24-17)10-21-8-7-11-1-6-14(19)9-15(11)20/h1-6,9,21H,7-8,10H2. The summed E-state index contributed by atoms with van der Waals surface area (Å²) in [5, 5.41) is 13.3. The Morgan fingerprint density at radius 1 is 0.917 bits per heavy atom. The molecule has 1 heterocycles. The number of nitrogens with zero attached hydrogens (tertiary/aromatic N) is 2. The molecule has 3 aromatic rings. The van der Waals surface area contributed by atoms with Gasteiger partial charge in [0.25, 0.3) is 0 Å². The zero-order valence-corrected chi connectivity index (χ0v) is 14.9. The van der Waals surface area contributed by atoms with Gasteiger partial charge in [0.05, 0.1) is 6.54 Å². The summed E-state index contributed by atoms with van der Waals surface area (Å²) < 4.78 is 5.63. The van der Waals surface area contributed by atoms with Crippen molar-refractivity contribution in [2.75, 3.05) is 6.54 Å². The molecule has 24 heavy (non-hydrogen) atoms. The molecule has 4 nitrogen and oxygen atoms in total. The molecule has 3 rings (SSSR count). The highest BCUT2D eigenvalue weighted by Gasteiger charge is 2.08. The Morgan fingerprint density at radius 2 is 1.67 bits per heavy atom. The molecule has 0 atom stereocenters. The van der Waals surface area contributed by atoms with Crippen LogP contribution < -0.4 is 5.32 Å². The lowest BCUT2D eigenvalue weighted by molar-refractivity contribution is 0.478. The van der Waals surface area contributed by atoms with E-state index >= 15 is 0 Å². The van der Waals surface area contributed by atoms with Crippen LogP contribution in [0, 0.1) is 0 Å². The van der Waals surface area contributed by atoms with Gasteiger partial charge in [0, 0.05) is 20.6 Å². The van der Waals surface area contributed by atoms with Gasteiger partial charge >= 0.3 is 0 Å². The van der Waals surface area contributed by atoms with E-state index in [2.05, 4.69) is 15.5 Å². The molecule has 0 bridgehead atoms. The van der Waals surface area contributed by atoms with Crippen molar-refractivity contribution < 1.29 is 4.42 Å². The predicted octanol–water partition coefficient (Wildman–Crippen LogP) is 5.03. The summed E-state index contributed by atoms with van der Waals surface area (Å²) in [7, 11) is 0. The number of rotatable bonds is 6. The molecule has 0 unspecified atom stereocenters. The van der Waals surface area contributed by atoms with E-state index in [-0.39, 0.29) is 0 Å². The van der Waals surface area contributed by atoms with Crippen LogP contribution >= 0.6 is 34.8 Å². The SMILES string of the molecule is Clc1ccc(-c2nnc(CNCCc3ccc(Cl)cc3Cl)o2)cc1. The van der Waals surface area contributed by atoms with Crippen molar-refractivity contribution in [3.63, 3.8) is 0 Å². The van der Waals surface area contributed by atoms with Crippen LogP contribution in [-0.4, -0.2) is 16.7 Å². The van der Waals surface area contributed by atoms with Gasteiger partial charge in [-0.15, -0.1) is 10.2 Å². The number of aromatic nitrogens is 2. The normalized spacial score (nSPS) is 11.0. The molecule has 0 radical (unpaired) electrons. The number of hydrogen-bond acceptors (Lipinski definition) is 4. The molecular weight excluding hydrogens is 369 g/mol. The van der Waals surface area contributed by atoms with Gasteiger partial charge < -0.3 is 9.73 Å². The van der Waals surface area contributed by atoms with E-state index in [4.69, 9.17) is 39.2 Å². The van der Waals surface area contributed by atoms with Gasteiger partial charge in [0.2, 0.25) is 11.8 Å². The van der Waals surface area contributed by atoms with E-state index in [0.29, 0.717) is 33.4 Å². The lowest BCUT2D eigenvalue weighted by atomic mass is 10.1. The van der Waals surface area contributed by atoms with Crippen molar-refractivity contribution in [1.29, 1.82) is 0 Å². The molecule has 0 spiro atoms. The quantitative estimate of drug-likeness (QED) is 0.608. The van der Waals surface area contributed by atoms with Crippen LogP contribution in [0.2, 0.25) is 15.1 Å².